The van der Waals surface area contributed by atoms with Crippen LogP contribution < -0.4 is 16.4 Å². The average Bonchev–Trinajstić information content (AvgIpc) is 2.67. The van der Waals surface area contributed by atoms with Crippen LogP contribution in [0.15, 0.2) is 30.3 Å². The van der Waals surface area contributed by atoms with Crippen molar-refractivity contribution in [2.24, 2.45) is 11.6 Å². The number of carboxylic acid groups (broad SMARTS) is 1. The van der Waals surface area contributed by atoms with E-state index < -0.39 is 30.4 Å². The molecule has 0 aliphatic heterocycles. The number of rotatable bonds is 11. The number of nitrogens with two attached hydrogens (primary N) is 1. The van der Waals surface area contributed by atoms with Gasteiger partial charge in [0.15, 0.2) is 0 Å². The zero-order chi connectivity index (χ0) is 20.4. The van der Waals surface area contributed by atoms with Crippen LogP contribution in [0, 0.1) is 5.92 Å². The molecule has 0 aliphatic carbocycles. The van der Waals surface area contributed by atoms with Gasteiger partial charge in [-0.1, -0.05) is 57.5 Å². The minimum atomic E-state index is -1.22. The Bertz CT molecular complexity index is 627. The molecule has 26 heavy (non-hydrogen) atoms. The van der Waals surface area contributed by atoms with E-state index in [1.807, 2.05) is 56.8 Å². The van der Waals surface area contributed by atoms with Crippen molar-refractivity contribution in [1.82, 2.24) is 10.6 Å². The summed E-state index contributed by atoms with van der Waals surface area (Å²) in [6.07, 6.45) is 0.803. The van der Waals surface area contributed by atoms with Gasteiger partial charge in [-0.2, -0.15) is 0 Å². The Kier molecular flexibility index (Phi) is 8.08. The molecule has 1 rings (SSSR count). The van der Waals surface area contributed by atoms with Gasteiger partial charge in [-0.3, -0.25) is 14.4 Å². The first-order valence-electron chi connectivity index (χ1n) is 9.38. The summed E-state index contributed by atoms with van der Waals surface area (Å²) in [5, 5.41) is 14.4. The molecule has 0 aromatic heterocycles. The highest BCUT2D eigenvalue weighted by Gasteiger charge is 2.29. The number of carbonyl (C=O) groups is 3. The van der Waals surface area contributed by atoms with E-state index in [1.54, 1.807) is 0 Å². The van der Waals surface area contributed by atoms with Crippen LogP contribution in [0.1, 0.15) is 51.6 Å². The molecular formula is C19H29N3O4. The quantitative estimate of drug-likeness (QED) is 0.475. The molecule has 144 valence electrons. The second-order valence-electron chi connectivity index (χ2n) is 6.40. The third-order valence-electron chi connectivity index (χ3n) is 4.42. The predicted octanol–water partition coefficient (Wildman–Crippen LogP) is 1.59. The minimum absolute atomic E-state index is 0.154. The van der Waals surface area contributed by atoms with Crippen molar-refractivity contribution in [3.63, 3.8) is 0 Å². The molecule has 4 atom stereocenters. The van der Waals surface area contributed by atoms with Crippen molar-refractivity contribution in [2.75, 3.05) is 0 Å². The summed E-state index contributed by atoms with van der Waals surface area (Å²) < 4.78 is 7.17. The molecule has 7 heteroatoms. The maximum Gasteiger partial charge on any atom is 0.305 e. The smallest absolute Gasteiger partial charge is 0.305 e. The molecule has 7 nitrogen and oxygen atoms in total. The Balaban J connectivity index is 2.90. The number of aliphatic carboxylic acids is 1. The lowest BCUT2D eigenvalue weighted by Crippen LogP contribution is -2.54. The lowest BCUT2D eigenvalue weighted by Gasteiger charge is -2.27. The topological polar surface area (TPSA) is 122 Å². The monoisotopic (exact) mass is 364 g/mol. The van der Waals surface area contributed by atoms with Gasteiger partial charge in [0, 0.05) is 0 Å². The van der Waals surface area contributed by atoms with E-state index in [2.05, 4.69) is 10.6 Å². The van der Waals surface area contributed by atoms with E-state index >= 15 is 0 Å². The molecule has 0 heterocycles. The molecule has 0 aliphatic rings. The zero-order valence-electron chi connectivity index (χ0n) is 16.5. The summed E-state index contributed by atoms with van der Waals surface area (Å²) in [7, 11) is 0. The van der Waals surface area contributed by atoms with Crippen molar-refractivity contribution >= 4 is 17.8 Å². The lowest BCUT2D eigenvalue weighted by atomic mass is 9.96. The summed E-state index contributed by atoms with van der Waals surface area (Å²) in [5.41, 5.74) is 2.91. The second kappa shape index (κ2) is 10.6. The van der Waals surface area contributed by atoms with Gasteiger partial charge in [0.2, 0.25) is 11.8 Å². The molecule has 0 saturated carbocycles. The molecule has 0 spiro atoms. The summed E-state index contributed by atoms with van der Waals surface area (Å²) in [4.78, 5) is 36.0. The molecule has 2 amide bonds. The third-order valence-corrected chi connectivity index (χ3v) is 4.42. The van der Waals surface area contributed by atoms with Gasteiger partial charge in [0.1, 0.15) is 7.45 Å². The molecule has 1 aromatic carbocycles. The number of carboxylic acids is 1. The first-order chi connectivity index (χ1) is 12.8. The first kappa shape index (κ1) is 19.9. The fourth-order valence-electron chi connectivity index (χ4n) is 2.59. The Morgan fingerprint density at radius 2 is 1.77 bits per heavy atom. The number of carbonyl (C=O) groups excluding carboxylic acids is 2. The first-order valence-corrected chi connectivity index (χ1v) is 8.88. The van der Waals surface area contributed by atoms with E-state index in [0.29, 0.717) is 12.8 Å². The number of hydrogen-bond donors (Lipinski definition) is 4. The lowest BCUT2D eigenvalue weighted by molar-refractivity contribution is -0.139. The van der Waals surface area contributed by atoms with E-state index in [-0.39, 0.29) is 17.9 Å². The number of benzene rings is 1. The van der Waals surface area contributed by atoms with Gasteiger partial charge in [0.25, 0.3) is 0 Å². The molecule has 5 N–H and O–H groups in total. The van der Waals surface area contributed by atoms with Gasteiger partial charge in [0.05, 0.1) is 18.5 Å². The maximum absolute atomic E-state index is 12.8. The number of amides is 2. The van der Waals surface area contributed by atoms with Crippen molar-refractivity contribution < 1.29 is 20.9 Å². The third kappa shape index (κ3) is 6.48. The Morgan fingerprint density at radius 1 is 1.12 bits per heavy atom. The molecule has 0 unspecified atom stereocenters. The van der Waals surface area contributed by atoms with Crippen LogP contribution in [0.5, 0.6) is 0 Å². The summed E-state index contributed by atoms with van der Waals surface area (Å²) in [6, 6.07) is 7.32. The summed E-state index contributed by atoms with van der Waals surface area (Å²) in [6.45, 7) is 5.71. The fraction of sp³-hybridized carbons (Fsp3) is 0.526. The predicted molar refractivity (Wildman–Crippen MR) is 99.2 cm³/mol. The highest BCUT2D eigenvalue weighted by atomic mass is 16.4. The molecule has 0 bridgehead atoms. The van der Waals surface area contributed by atoms with E-state index in [0.717, 1.165) is 5.56 Å². The Hall–Kier alpha value is -2.41. The van der Waals surface area contributed by atoms with Crippen LogP contribution >= 0.6 is 0 Å². The molecular weight excluding hydrogens is 334 g/mol. The Labute approximate surface area is 155 Å². The molecule has 1 aromatic rings. The number of nitrogens with one attached hydrogen (secondary N) is 2. The van der Waals surface area contributed by atoms with Gasteiger partial charge in [-0.15, -0.1) is 0 Å². The second-order valence-corrected chi connectivity index (χ2v) is 6.40. The van der Waals surface area contributed by atoms with Gasteiger partial charge >= 0.3 is 5.97 Å². The Morgan fingerprint density at radius 3 is 2.27 bits per heavy atom. The summed E-state index contributed by atoms with van der Waals surface area (Å²) >= 11 is 0. The average molecular weight is 364 g/mol. The SMILES string of the molecule is [2H]N[C@@H](CC(=O)O)C(=O)N[C@H](C(=O)N[C@@H](CC)c1ccccc1)[C@@H](C)CC. The van der Waals surface area contributed by atoms with Crippen molar-refractivity contribution in [1.29, 1.82) is 0 Å². The zero-order valence-corrected chi connectivity index (χ0v) is 15.5. The highest BCUT2D eigenvalue weighted by Crippen LogP contribution is 2.17. The van der Waals surface area contributed by atoms with Crippen LogP contribution in [-0.2, 0) is 14.4 Å². The van der Waals surface area contributed by atoms with Crippen molar-refractivity contribution in [2.45, 2.75) is 58.2 Å². The maximum atomic E-state index is 12.8. The van der Waals surface area contributed by atoms with Gasteiger partial charge < -0.3 is 21.5 Å². The highest BCUT2D eigenvalue weighted by molar-refractivity contribution is 5.91. The van der Waals surface area contributed by atoms with E-state index in [4.69, 9.17) is 6.52 Å². The molecule has 0 radical (unpaired) electrons. The number of hydrogen-bond acceptors (Lipinski definition) is 4. The standard InChI is InChI=1S/C19H29N3O4/c1-4-12(3)17(22-18(25)14(20)11-16(23)24)19(26)21-15(5-2)13-9-7-6-8-10-13/h6-10,12,14-15,17H,4-5,11,20H2,1-3H3,(H,21,26)(H,22,25)(H,23,24)/t12-,14-,15-,17-/m0/s1/i/hD. The van der Waals surface area contributed by atoms with Crippen LogP contribution in [0.3, 0.4) is 0 Å². The van der Waals surface area contributed by atoms with Gasteiger partial charge in [-0.25, -0.2) is 0 Å². The van der Waals surface area contributed by atoms with Crippen LogP contribution in [0.25, 0.3) is 0 Å². The fourth-order valence-corrected chi connectivity index (χ4v) is 2.59. The van der Waals surface area contributed by atoms with Crippen LogP contribution in [0.2, 0.25) is 1.41 Å². The van der Waals surface area contributed by atoms with E-state index in [1.165, 1.54) is 0 Å². The van der Waals surface area contributed by atoms with Crippen molar-refractivity contribution in [3.8, 4) is 0 Å². The minimum Gasteiger partial charge on any atom is -0.481 e. The van der Waals surface area contributed by atoms with Crippen LogP contribution in [0.4, 0.5) is 0 Å². The van der Waals surface area contributed by atoms with Crippen LogP contribution in [-0.4, -0.2) is 35.0 Å². The molecule has 0 fully saturated rings. The van der Waals surface area contributed by atoms with Crippen molar-refractivity contribution in [3.05, 3.63) is 35.9 Å². The molecule has 0 saturated heterocycles. The normalized spacial score (nSPS) is 15.9. The van der Waals surface area contributed by atoms with E-state index in [9.17, 15) is 14.4 Å². The summed E-state index contributed by atoms with van der Waals surface area (Å²) in [5.74, 6) is -2.36. The van der Waals surface area contributed by atoms with Gasteiger partial charge in [-0.05, 0) is 17.9 Å². The largest absolute Gasteiger partial charge is 0.481 e.